The molecular weight excluding hydrogens is 323 g/mol. The van der Waals surface area contributed by atoms with Crippen molar-refractivity contribution in [2.45, 2.75) is 19.3 Å². The number of benzene rings is 1. The van der Waals surface area contributed by atoms with Crippen LogP contribution in [-0.4, -0.2) is 60.1 Å². The molecule has 1 saturated heterocycles. The summed E-state index contributed by atoms with van der Waals surface area (Å²) in [6.07, 6.45) is 3.02. The van der Waals surface area contributed by atoms with Gasteiger partial charge in [-0.3, -0.25) is 9.69 Å². The zero-order chi connectivity index (χ0) is 15.9. The van der Waals surface area contributed by atoms with Crippen LogP contribution in [0.4, 0.5) is 0 Å². The van der Waals surface area contributed by atoms with Crippen LogP contribution in [0.25, 0.3) is 0 Å². The average molecular weight is 345 g/mol. The highest BCUT2D eigenvalue weighted by Gasteiger charge is 2.22. The van der Waals surface area contributed by atoms with E-state index in [0.717, 1.165) is 52.0 Å². The van der Waals surface area contributed by atoms with Gasteiger partial charge >= 0.3 is 0 Å². The zero-order valence-electron chi connectivity index (χ0n) is 12.6. The van der Waals surface area contributed by atoms with Crippen LogP contribution in [0.1, 0.15) is 29.6 Å². The first-order valence-corrected chi connectivity index (χ1v) is 8.44. The fourth-order valence-corrected chi connectivity index (χ4v) is 3.18. The predicted octanol–water partition coefficient (Wildman–Crippen LogP) is 2.91. The maximum Gasteiger partial charge on any atom is 0.254 e. The highest BCUT2D eigenvalue weighted by atomic mass is 35.5. The first kappa shape index (κ1) is 17.5. The van der Waals surface area contributed by atoms with Gasteiger partial charge in [0.05, 0.1) is 0 Å². The Morgan fingerprint density at radius 2 is 1.64 bits per heavy atom. The van der Waals surface area contributed by atoms with E-state index in [9.17, 15) is 4.79 Å². The summed E-state index contributed by atoms with van der Waals surface area (Å²) in [6, 6.07) is 4.96. The Morgan fingerprint density at radius 1 is 1.00 bits per heavy atom. The number of amides is 1. The average Bonchev–Trinajstić information content (AvgIpc) is 2.50. The summed E-state index contributed by atoms with van der Waals surface area (Å²) in [5.41, 5.74) is 0.550. The fraction of sp³-hybridized carbons (Fsp3) is 0.562. The molecule has 1 N–H and O–H groups in total. The number of hydrogen-bond donors (Lipinski definition) is 1. The van der Waals surface area contributed by atoms with E-state index in [1.54, 1.807) is 18.2 Å². The van der Waals surface area contributed by atoms with Crippen LogP contribution >= 0.6 is 23.2 Å². The largest absolute Gasteiger partial charge is 0.396 e. The molecule has 1 aromatic rings. The lowest BCUT2D eigenvalue weighted by molar-refractivity contribution is 0.0634. The third-order valence-electron chi connectivity index (χ3n) is 3.90. The van der Waals surface area contributed by atoms with E-state index in [1.165, 1.54) is 0 Å². The second kappa shape index (κ2) is 8.73. The minimum atomic E-state index is -0.00988. The molecule has 1 fully saturated rings. The van der Waals surface area contributed by atoms with Gasteiger partial charge in [0.2, 0.25) is 0 Å². The summed E-state index contributed by atoms with van der Waals surface area (Å²) in [4.78, 5) is 16.7. The van der Waals surface area contributed by atoms with Crippen molar-refractivity contribution in [1.82, 2.24) is 9.80 Å². The highest BCUT2D eigenvalue weighted by molar-refractivity contribution is 6.35. The van der Waals surface area contributed by atoms with Crippen molar-refractivity contribution in [1.29, 1.82) is 0 Å². The van der Waals surface area contributed by atoms with Crippen molar-refractivity contribution in [2.24, 2.45) is 0 Å². The second-order valence-corrected chi connectivity index (χ2v) is 6.45. The Kier molecular flexibility index (Phi) is 6.96. The van der Waals surface area contributed by atoms with Crippen LogP contribution in [0.3, 0.4) is 0 Å². The third-order valence-corrected chi connectivity index (χ3v) is 4.34. The molecule has 1 aliphatic heterocycles. The molecular formula is C16H22Cl2N2O2. The summed E-state index contributed by atoms with van der Waals surface area (Å²) in [5.74, 6) is -0.00988. The van der Waals surface area contributed by atoms with Crippen molar-refractivity contribution in [3.8, 4) is 0 Å². The van der Waals surface area contributed by atoms with Crippen LogP contribution in [0, 0.1) is 0 Å². The number of carbonyl (C=O) groups is 1. The Balaban J connectivity index is 1.82. The van der Waals surface area contributed by atoms with Gasteiger partial charge in [0, 0.05) is 48.4 Å². The molecule has 0 aromatic heterocycles. The lowest BCUT2D eigenvalue weighted by Gasteiger charge is -2.34. The molecule has 0 saturated carbocycles. The minimum absolute atomic E-state index is 0.00988. The number of halogens is 2. The smallest absolute Gasteiger partial charge is 0.254 e. The first-order chi connectivity index (χ1) is 10.6. The van der Waals surface area contributed by atoms with Crippen molar-refractivity contribution in [3.63, 3.8) is 0 Å². The number of aliphatic hydroxyl groups is 1. The molecule has 22 heavy (non-hydrogen) atoms. The van der Waals surface area contributed by atoms with E-state index in [-0.39, 0.29) is 12.5 Å². The summed E-state index contributed by atoms with van der Waals surface area (Å²) in [7, 11) is 0. The maximum absolute atomic E-state index is 12.5. The van der Waals surface area contributed by atoms with Crippen LogP contribution in [-0.2, 0) is 0 Å². The van der Waals surface area contributed by atoms with Gasteiger partial charge < -0.3 is 10.0 Å². The summed E-state index contributed by atoms with van der Waals surface area (Å²) in [6.45, 7) is 4.53. The predicted molar refractivity (Wildman–Crippen MR) is 89.7 cm³/mol. The molecule has 6 heteroatoms. The van der Waals surface area contributed by atoms with E-state index in [1.807, 2.05) is 4.90 Å². The Bertz CT molecular complexity index is 483. The number of piperazine rings is 1. The molecule has 4 nitrogen and oxygen atoms in total. The van der Waals surface area contributed by atoms with Crippen LogP contribution in [0.2, 0.25) is 10.0 Å². The molecule has 1 amide bonds. The molecule has 0 radical (unpaired) electrons. The van der Waals surface area contributed by atoms with Gasteiger partial charge in [0.1, 0.15) is 0 Å². The van der Waals surface area contributed by atoms with Gasteiger partial charge in [-0.05, 0) is 44.0 Å². The van der Waals surface area contributed by atoms with E-state index in [0.29, 0.717) is 15.6 Å². The Hall–Kier alpha value is -0.810. The van der Waals surface area contributed by atoms with Gasteiger partial charge in [0.25, 0.3) is 5.91 Å². The highest BCUT2D eigenvalue weighted by Crippen LogP contribution is 2.20. The van der Waals surface area contributed by atoms with Crippen molar-refractivity contribution in [2.75, 3.05) is 39.3 Å². The number of nitrogens with zero attached hydrogens (tertiary/aromatic N) is 2. The SMILES string of the molecule is O=C(c1cc(Cl)cc(Cl)c1)N1CCN(CCCCCO)CC1. The van der Waals surface area contributed by atoms with Gasteiger partial charge in [-0.15, -0.1) is 0 Å². The van der Waals surface area contributed by atoms with Crippen molar-refractivity contribution in [3.05, 3.63) is 33.8 Å². The lowest BCUT2D eigenvalue weighted by atomic mass is 10.1. The zero-order valence-corrected chi connectivity index (χ0v) is 14.1. The van der Waals surface area contributed by atoms with E-state index >= 15 is 0 Å². The quantitative estimate of drug-likeness (QED) is 0.807. The fourth-order valence-electron chi connectivity index (χ4n) is 2.66. The van der Waals surface area contributed by atoms with E-state index < -0.39 is 0 Å². The molecule has 0 spiro atoms. The van der Waals surface area contributed by atoms with Gasteiger partial charge in [-0.1, -0.05) is 23.2 Å². The summed E-state index contributed by atoms with van der Waals surface area (Å²) < 4.78 is 0. The molecule has 122 valence electrons. The van der Waals surface area contributed by atoms with Crippen molar-refractivity contribution >= 4 is 29.1 Å². The second-order valence-electron chi connectivity index (χ2n) is 5.58. The molecule has 2 rings (SSSR count). The number of hydrogen-bond acceptors (Lipinski definition) is 3. The Morgan fingerprint density at radius 3 is 2.23 bits per heavy atom. The Labute approximate surface area is 141 Å². The first-order valence-electron chi connectivity index (χ1n) is 7.69. The van der Waals surface area contributed by atoms with Gasteiger partial charge in [-0.2, -0.15) is 0 Å². The van der Waals surface area contributed by atoms with Crippen molar-refractivity contribution < 1.29 is 9.90 Å². The topological polar surface area (TPSA) is 43.8 Å². The third kappa shape index (κ3) is 5.13. The number of aliphatic hydroxyl groups excluding tert-OH is 1. The van der Waals surface area contributed by atoms with Crippen LogP contribution < -0.4 is 0 Å². The van der Waals surface area contributed by atoms with E-state index in [4.69, 9.17) is 28.3 Å². The summed E-state index contributed by atoms with van der Waals surface area (Å²) >= 11 is 11.9. The molecule has 0 aliphatic carbocycles. The van der Waals surface area contributed by atoms with Crippen LogP contribution in [0.15, 0.2) is 18.2 Å². The van der Waals surface area contributed by atoms with Gasteiger partial charge in [-0.25, -0.2) is 0 Å². The molecule has 1 aromatic carbocycles. The standard InChI is InChI=1S/C16H22Cl2N2O2/c17-14-10-13(11-15(18)12-14)16(22)20-7-5-19(6-8-20)4-2-1-3-9-21/h10-12,21H,1-9H2. The number of carbonyl (C=O) groups excluding carboxylic acids is 1. The van der Waals surface area contributed by atoms with Gasteiger partial charge in [0.15, 0.2) is 0 Å². The molecule has 0 atom stereocenters. The molecule has 0 bridgehead atoms. The lowest BCUT2D eigenvalue weighted by Crippen LogP contribution is -2.48. The number of unbranched alkanes of at least 4 members (excludes halogenated alkanes) is 2. The summed E-state index contributed by atoms with van der Waals surface area (Å²) in [5, 5.41) is 9.74. The number of rotatable bonds is 6. The molecule has 0 unspecified atom stereocenters. The molecule has 1 heterocycles. The van der Waals surface area contributed by atoms with E-state index in [2.05, 4.69) is 4.90 Å². The normalized spacial score (nSPS) is 16.0. The maximum atomic E-state index is 12.5. The monoisotopic (exact) mass is 344 g/mol. The van der Waals surface area contributed by atoms with Crippen LogP contribution in [0.5, 0.6) is 0 Å². The molecule has 1 aliphatic rings. The minimum Gasteiger partial charge on any atom is -0.396 e.